The third kappa shape index (κ3) is 5.23. The summed E-state index contributed by atoms with van der Waals surface area (Å²) in [6.45, 7) is 9.42. The molecule has 1 spiro atoms. The van der Waals surface area contributed by atoms with Gasteiger partial charge in [-0.25, -0.2) is 9.18 Å². The number of nitrogens with zero attached hydrogens (tertiary/aromatic N) is 1. The van der Waals surface area contributed by atoms with Crippen LogP contribution in [0.25, 0.3) is 0 Å². The van der Waals surface area contributed by atoms with Crippen LogP contribution in [0.15, 0.2) is 24.3 Å². The quantitative estimate of drug-likeness (QED) is 0.736. The number of likely N-dealkylation sites (tertiary alicyclic amines) is 1. The van der Waals surface area contributed by atoms with Gasteiger partial charge < -0.3 is 19.1 Å². The summed E-state index contributed by atoms with van der Waals surface area (Å²) in [5, 5.41) is 0. The normalized spacial score (nSPS) is 25.0. The molecule has 2 aliphatic rings. The van der Waals surface area contributed by atoms with Crippen LogP contribution in [0.1, 0.15) is 65.0 Å². The van der Waals surface area contributed by atoms with Gasteiger partial charge in [0.2, 0.25) is 0 Å². The Morgan fingerprint density at radius 2 is 2.04 bits per heavy atom. The Morgan fingerprint density at radius 3 is 2.64 bits per heavy atom. The van der Waals surface area contributed by atoms with Gasteiger partial charge in [0.25, 0.3) is 0 Å². The number of benzene rings is 1. The fourth-order valence-electron chi connectivity index (χ4n) is 4.15. The van der Waals surface area contributed by atoms with Crippen LogP contribution in [0.5, 0.6) is 0 Å². The zero-order valence-electron chi connectivity index (χ0n) is 17.4. The number of carbonyl (C=O) groups is 1. The number of hydrogen-bond acceptors (Lipinski definition) is 4. The summed E-state index contributed by atoms with van der Waals surface area (Å²) in [6.07, 6.45) is 2.56. The Kier molecular flexibility index (Phi) is 6.30. The van der Waals surface area contributed by atoms with Gasteiger partial charge in [-0.05, 0) is 58.2 Å². The lowest BCUT2D eigenvalue weighted by atomic mass is 9.81. The third-order valence-corrected chi connectivity index (χ3v) is 5.42. The van der Waals surface area contributed by atoms with E-state index in [0.717, 1.165) is 31.2 Å². The number of piperidine rings is 1. The second kappa shape index (κ2) is 8.37. The van der Waals surface area contributed by atoms with E-state index in [1.54, 1.807) is 17.0 Å². The SMILES string of the molecule is CCOC1CC(c2cccc(F)c2)OC2(CCN(C(=O)OC(C)(C)C)CC2)C1. The topological polar surface area (TPSA) is 48.0 Å². The predicted molar refractivity (Wildman–Crippen MR) is 105 cm³/mol. The summed E-state index contributed by atoms with van der Waals surface area (Å²) >= 11 is 0. The Labute approximate surface area is 167 Å². The second-order valence-corrected chi connectivity index (χ2v) is 8.83. The van der Waals surface area contributed by atoms with Crippen molar-refractivity contribution in [2.75, 3.05) is 19.7 Å². The molecular weight excluding hydrogens is 361 g/mol. The number of halogens is 1. The highest BCUT2D eigenvalue weighted by Gasteiger charge is 2.45. The minimum Gasteiger partial charge on any atom is -0.444 e. The van der Waals surface area contributed by atoms with Crippen molar-refractivity contribution >= 4 is 6.09 Å². The third-order valence-electron chi connectivity index (χ3n) is 5.42. The van der Waals surface area contributed by atoms with Gasteiger partial charge in [0.1, 0.15) is 11.4 Å². The van der Waals surface area contributed by atoms with Gasteiger partial charge in [-0.2, -0.15) is 0 Å². The van der Waals surface area contributed by atoms with Crippen LogP contribution in [0, 0.1) is 5.82 Å². The second-order valence-electron chi connectivity index (χ2n) is 8.83. The van der Waals surface area contributed by atoms with Crippen molar-refractivity contribution in [2.24, 2.45) is 0 Å². The van der Waals surface area contributed by atoms with Gasteiger partial charge >= 0.3 is 6.09 Å². The van der Waals surface area contributed by atoms with Crippen molar-refractivity contribution in [3.05, 3.63) is 35.6 Å². The van der Waals surface area contributed by atoms with Crippen molar-refractivity contribution in [1.29, 1.82) is 0 Å². The summed E-state index contributed by atoms with van der Waals surface area (Å²) in [7, 11) is 0. The lowest BCUT2D eigenvalue weighted by Gasteiger charge is -2.48. The summed E-state index contributed by atoms with van der Waals surface area (Å²) in [5.74, 6) is -0.256. The summed E-state index contributed by atoms with van der Waals surface area (Å²) in [6, 6.07) is 6.62. The number of hydrogen-bond donors (Lipinski definition) is 0. The standard InChI is InChI=1S/C22H32FNO4/c1-5-26-18-14-19(16-7-6-8-17(23)13-16)27-22(15-18)9-11-24(12-10-22)20(25)28-21(2,3)4/h6-8,13,18-19H,5,9-12,14-15H2,1-4H3. The molecule has 3 rings (SSSR count). The first-order valence-electron chi connectivity index (χ1n) is 10.2. The van der Waals surface area contributed by atoms with Crippen LogP contribution < -0.4 is 0 Å². The molecule has 0 N–H and O–H groups in total. The molecule has 1 amide bonds. The average molecular weight is 393 g/mol. The molecule has 0 saturated carbocycles. The summed E-state index contributed by atoms with van der Waals surface area (Å²) in [5.41, 5.74) is -0.0118. The van der Waals surface area contributed by atoms with E-state index in [4.69, 9.17) is 14.2 Å². The van der Waals surface area contributed by atoms with E-state index in [9.17, 15) is 9.18 Å². The Balaban J connectivity index is 1.70. The van der Waals surface area contributed by atoms with Gasteiger partial charge in [0, 0.05) is 32.5 Å². The first-order chi connectivity index (χ1) is 13.2. The van der Waals surface area contributed by atoms with Crippen LogP contribution >= 0.6 is 0 Å². The maximum absolute atomic E-state index is 13.7. The molecule has 5 nitrogen and oxygen atoms in total. The van der Waals surface area contributed by atoms with Crippen LogP contribution in [-0.2, 0) is 14.2 Å². The van der Waals surface area contributed by atoms with E-state index in [1.165, 1.54) is 6.07 Å². The highest BCUT2D eigenvalue weighted by Crippen LogP contribution is 2.44. The van der Waals surface area contributed by atoms with E-state index in [-0.39, 0.29) is 29.7 Å². The molecule has 1 aromatic carbocycles. The van der Waals surface area contributed by atoms with Gasteiger partial charge in [0.15, 0.2) is 0 Å². The Morgan fingerprint density at radius 1 is 1.32 bits per heavy atom. The molecule has 0 aliphatic carbocycles. The maximum atomic E-state index is 13.7. The zero-order chi connectivity index (χ0) is 20.4. The molecule has 6 heteroatoms. The molecule has 2 heterocycles. The minimum atomic E-state index is -0.504. The monoisotopic (exact) mass is 393 g/mol. The highest BCUT2D eigenvalue weighted by molar-refractivity contribution is 5.68. The first kappa shape index (κ1) is 21.1. The molecule has 2 fully saturated rings. The van der Waals surface area contributed by atoms with Crippen molar-refractivity contribution < 1.29 is 23.4 Å². The fraction of sp³-hybridized carbons (Fsp3) is 0.682. The van der Waals surface area contributed by atoms with E-state index in [0.29, 0.717) is 19.7 Å². The highest BCUT2D eigenvalue weighted by atomic mass is 19.1. The van der Waals surface area contributed by atoms with Gasteiger partial charge in [-0.3, -0.25) is 0 Å². The molecule has 0 bridgehead atoms. The molecule has 0 aromatic heterocycles. The molecule has 2 unspecified atom stereocenters. The molecule has 28 heavy (non-hydrogen) atoms. The van der Waals surface area contributed by atoms with Crippen LogP contribution in [0.3, 0.4) is 0 Å². The Bertz CT molecular complexity index is 679. The molecular formula is C22H32FNO4. The molecule has 156 valence electrons. The number of amides is 1. The van der Waals surface area contributed by atoms with Crippen molar-refractivity contribution in [1.82, 2.24) is 4.90 Å². The lowest BCUT2D eigenvalue weighted by molar-refractivity contribution is -0.191. The van der Waals surface area contributed by atoms with E-state index in [1.807, 2.05) is 33.8 Å². The molecule has 2 saturated heterocycles. The van der Waals surface area contributed by atoms with E-state index >= 15 is 0 Å². The molecule has 2 aliphatic heterocycles. The van der Waals surface area contributed by atoms with Crippen LogP contribution in [0.2, 0.25) is 0 Å². The zero-order valence-corrected chi connectivity index (χ0v) is 17.4. The van der Waals surface area contributed by atoms with E-state index in [2.05, 4.69) is 0 Å². The Hall–Kier alpha value is -1.66. The van der Waals surface area contributed by atoms with Gasteiger partial charge in [0.05, 0.1) is 17.8 Å². The van der Waals surface area contributed by atoms with Crippen LogP contribution in [-0.4, -0.2) is 48.0 Å². The van der Waals surface area contributed by atoms with Crippen molar-refractivity contribution in [3.63, 3.8) is 0 Å². The average Bonchev–Trinajstić information content (AvgIpc) is 2.61. The smallest absolute Gasteiger partial charge is 0.410 e. The largest absolute Gasteiger partial charge is 0.444 e. The fourth-order valence-corrected chi connectivity index (χ4v) is 4.15. The van der Waals surface area contributed by atoms with Crippen molar-refractivity contribution in [3.8, 4) is 0 Å². The van der Waals surface area contributed by atoms with Crippen LogP contribution in [0.4, 0.5) is 9.18 Å². The number of rotatable bonds is 3. The predicted octanol–water partition coefficient (Wildman–Crippen LogP) is 4.85. The maximum Gasteiger partial charge on any atom is 0.410 e. The van der Waals surface area contributed by atoms with E-state index < -0.39 is 5.60 Å². The summed E-state index contributed by atoms with van der Waals surface area (Å²) < 4.78 is 31.7. The molecule has 1 aromatic rings. The first-order valence-corrected chi connectivity index (χ1v) is 10.2. The van der Waals surface area contributed by atoms with Gasteiger partial charge in [-0.1, -0.05) is 12.1 Å². The number of carbonyl (C=O) groups excluding carboxylic acids is 1. The molecule has 0 radical (unpaired) electrons. The summed E-state index contributed by atoms with van der Waals surface area (Å²) in [4.78, 5) is 14.1. The minimum absolute atomic E-state index is 0.0695. The molecule has 2 atom stereocenters. The number of ether oxygens (including phenoxy) is 3. The lowest BCUT2D eigenvalue weighted by Crippen LogP contribution is -2.53. The van der Waals surface area contributed by atoms with Crippen molar-refractivity contribution in [2.45, 2.75) is 76.8 Å². The van der Waals surface area contributed by atoms with Gasteiger partial charge in [-0.15, -0.1) is 0 Å².